The van der Waals surface area contributed by atoms with Crippen LogP contribution in [0.4, 0.5) is 0 Å². The van der Waals surface area contributed by atoms with Crippen LogP contribution in [0.5, 0.6) is 11.5 Å². The number of hydrogen-bond donors (Lipinski definition) is 1. The summed E-state index contributed by atoms with van der Waals surface area (Å²) < 4.78 is 11.1. The quantitative estimate of drug-likeness (QED) is 0.655. The molecule has 0 aliphatic rings. The number of carboxylic acids is 1. The minimum absolute atomic E-state index is 0.157. The molecule has 0 aromatic heterocycles. The van der Waals surface area contributed by atoms with E-state index in [-0.39, 0.29) is 5.56 Å². The van der Waals surface area contributed by atoms with Crippen molar-refractivity contribution in [3.05, 3.63) is 23.8 Å². The number of carboxylic acid groups (broad SMARTS) is 1. The zero-order valence-corrected chi connectivity index (χ0v) is 12.4. The maximum absolute atomic E-state index is 11.2. The van der Waals surface area contributed by atoms with Crippen molar-refractivity contribution >= 4 is 5.97 Å². The molecule has 20 heavy (non-hydrogen) atoms. The van der Waals surface area contributed by atoms with Gasteiger partial charge in [0.15, 0.2) is 11.5 Å². The average molecular weight is 280 g/mol. The predicted molar refractivity (Wildman–Crippen MR) is 78.8 cm³/mol. The standard InChI is InChI=1S/C16H24O4/c1-3-5-6-7-8-12-20-15-13(16(17)18)10-9-11-14(15)19-4-2/h9-11H,3-8,12H2,1-2H3,(H,17,18). The van der Waals surface area contributed by atoms with Crippen LogP contribution in [0.2, 0.25) is 0 Å². The van der Waals surface area contributed by atoms with Gasteiger partial charge in [-0.2, -0.15) is 0 Å². The zero-order valence-electron chi connectivity index (χ0n) is 12.4. The van der Waals surface area contributed by atoms with Crippen molar-refractivity contribution in [2.75, 3.05) is 13.2 Å². The van der Waals surface area contributed by atoms with Crippen LogP contribution >= 0.6 is 0 Å². The minimum atomic E-state index is -0.993. The molecule has 1 aromatic rings. The molecule has 0 amide bonds. The summed E-state index contributed by atoms with van der Waals surface area (Å²) in [6.07, 6.45) is 5.67. The van der Waals surface area contributed by atoms with E-state index < -0.39 is 5.97 Å². The number of aromatic carboxylic acids is 1. The molecule has 0 saturated carbocycles. The van der Waals surface area contributed by atoms with Crippen LogP contribution in [0.1, 0.15) is 56.3 Å². The fraction of sp³-hybridized carbons (Fsp3) is 0.562. The van der Waals surface area contributed by atoms with Gasteiger partial charge in [0.1, 0.15) is 5.56 Å². The summed E-state index contributed by atoms with van der Waals surface area (Å²) in [6.45, 7) is 5.04. The fourth-order valence-corrected chi connectivity index (χ4v) is 1.98. The molecule has 112 valence electrons. The molecule has 0 aliphatic carbocycles. The molecule has 1 rings (SSSR count). The number of carbonyl (C=O) groups is 1. The summed E-state index contributed by atoms with van der Waals surface area (Å²) in [6, 6.07) is 4.95. The van der Waals surface area contributed by atoms with E-state index in [0.29, 0.717) is 24.7 Å². The Morgan fingerprint density at radius 3 is 2.50 bits per heavy atom. The summed E-state index contributed by atoms with van der Waals surface area (Å²) in [4.78, 5) is 11.2. The SMILES string of the molecule is CCCCCCCOc1c(OCC)cccc1C(=O)O. The maximum Gasteiger partial charge on any atom is 0.339 e. The van der Waals surface area contributed by atoms with E-state index >= 15 is 0 Å². The van der Waals surface area contributed by atoms with Crippen molar-refractivity contribution < 1.29 is 19.4 Å². The lowest BCUT2D eigenvalue weighted by Gasteiger charge is -2.14. The summed E-state index contributed by atoms with van der Waals surface area (Å²) in [7, 11) is 0. The van der Waals surface area contributed by atoms with E-state index in [1.165, 1.54) is 25.3 Å². The molecule has 0 radical (unpaired) electrons. The Bertz CT molecular complexity index is 415. The molecule has 0 spiro atoms. The molecule has 0 unspecified atom stereocenters. The highest BCUT2D eigenvalue weighted by molar-refractivity contribution is 5.92. The van der Waals surface area contributed by atoms with Crippen LogP contribution in [0.25, 0.3) is 0 Å². The molecule has 0 fully saturated rings. The first-order chi connectivity index (χ1) is 9.70. The van der Waals surface area contributed by atoms with Crippen LogP contribution in [0.15, 0.2) is 18.2 Å². The largest absolute Gasteiger partial charge is 0.490 e. The van der Waals surface area contributed by atoms with Gasteiger partial charge in [-0.1, -0.05) is 38.7 Å². The Hall–Kier alpha value is -1.71. The molecular formula is C16H24O4. The molecule has 4 heteroatoms. The monoisotopic (exact) mass is 280 g/mol. The lowest BCUT2D eigenvalue weighted by atomic mass is 10.1. The van der Waals surface area contributed by atoms with Crippen molar-refractivity contribution in [3.63, 3.8) is 0 Å². The van der Waals surface area contributed by atoms with E-state index in [0.717, 1.165) is 12.8 Å². The topological polar surface area (TPSA) is 55.8 Å². The molecule has 0 bridgehead atoms. The number of unbranched alkanes of at least 4 members (excludes halogenated alkanes) is 4. The first-order valence-corrected chi connectivity index (χ1v) is 7.32. The molecule has 0 atom stereocenters. The summed E-state index contributed by atoms with van der Waals surface area (Å²) in [5.41, 5.74) is 0.157. The lowest BCUT2D eigenvalue weighted by Crippen LogP contribution is -2.07. The summed E-state index contributed by atoms with van der Waals surface area (Å²) in [5.74, 6) is -0.147. The van der Waals surface area contributed by atoms with Crippen LogP contribution in [0.3, 0.4) is 0 Å². The summed E-state index contributed by atoms with van der Waals surface area (Å²) >= 11 is 0. The second-order valence-electron chi connectivity index (χ2n) is 4.63. The van der Waals surface area contributed by atoms with Crippen LogP contribution in [0, 0.1) is 0 Å². The highest BCUT2D eigenvalue weighted by atomic mass is 16.5. The Morgan fingerprint density at radius 1 is 1.10 bits per heavy atom. The molecule has 0 heterocycles. The third kappa shape index (κ3) is 5.11. The van der Waals surface area contributed by atoms with E-state index in [1.54, 1.807) is 12.1 Å². The Morgan fingerprint density at radius 2 is 1.85 bits per heavy atom. The predicted octanol–water partition coefficient (Wildman–Crippen LogP) is 4.13. The van der Waals surface area contributed by atoms with E-state index in [4.69, 9.17) is 9.47 Å². The number of benzene rings is 1. The highest BCUT2D eigenvalue weighted by Crippen LogP contribution is 2.31. The van der Waals surface area contributed by atoms with Crippen molar-refractivity contribution in [2.24, 2.45) is 0 Å². The third-order valence-electron chi connectivity index (χ3n) is 3.00. The van der Waals surface area contributed by atoms with Crippen molar-refractivity contribution in [1.29, 1.82) is 0 Å². The molecule has 1 aromatic carbocycles. The molecule has 0 aliphatic heterocycles. The maximum atomic E-state index is 11.2. The lowest BCUT2D eigenvalue weighted by molar-refractivity contribution is 0.0691. The Balaban J connectivity index is 2.63. The third-order valence-corrected chi connectivity index (χ3v) is 3.00. The van der Waals surface area contributed by atoms with Crippen molar-refractivity contribution in [3.8, 4) is 11.5 Å². The molecular weight excluding hydrogens is 256 g/mol. The smallest absolute Gasteiger partial charge is 0.339 e. The molecule has 1 N–H and O–H groups in total. The van der Waals surface area contributed by atoms with Gasteiger partial charge in [0.25, 0.3) is 0 Å². The minimum Gasteiger partial charge on any atom is -0.490 e. The second kappa shape index (κ2) is 9.23. The summed E-state index contributed by atoms with van der Waals surface area (Å²) in [5, 5.41) is 9.20. The van der Waals surface area contributed by atoms with E-state index in [9.17, 15) is 9.90 Å². The van der Waals surface area contributed by atoms with Crippen LogP contribution in [-0.4, -0.2) is 24.3 Å². The number of hydrogen-bond acceptors (Lipinski definition) is 3. The highest BCUT2D eigenvalue weighted by Gasteiger charge is 2.16. The van der Waals surface area contributed by atoms with Crippen molar-refractivity contribution in [2.45, 2.75) is 46.0 Å². The normalized spacial score (nSPS) is 10.3. The van der Waals surface area contributed by atoms with Crippen LogP contribution < -0.4 is 9.47 Å². The molecule has 0 saturated heterocycles. The van der Waals surface area contributed by atoms with Gasteiger partial charge in [-0.25, -0.2) is 4.79 Å². The van der Waals surface area contributed by atoms with Crippen LogP contribution in [-0.2, 0) is 0 Å². The number of para-hydroxylation sites is 1. The van der Waals surface area contributed by atoms with E-state index in [1.807, 2.05) is 6.92 Å². The Kier molecular flexibility index (Phi) is 7.55. The van der Waals surface area contributed by atoms with Gasteiger partial charge in [0.05, 0.1) is 13.2 Å². The fourth-order valence-electron chi connectivity index (χ4n) is 1.98. The first-order valence-electron chi connectivity index (χ1n) is 7.32. The van der Waals surface area contributed by atoms with Crippen molar-refractivity contribution in [1.82, 2.24) is 0 Å². The van der Waals surface area contributed by atoms with Gasteiger partial charge in [-0.15, -0.1) is 0 Å². The van der Waals surface area contributed by atoms with Gasteiger partial charge in [-0.05, 0) is 25.5 Å². The zero-order chi connectivity index (χ0) is 14.8. The van der Waals surface area contributed by atoms with Gasteiger partial charge in [0.2, 0.25) is 0 Å². The van der Waals surface area contributed by atoms with Gasteiger partial charge < -0.3 is 14.6 Å². The van der Waals surface area contributed by atoms with Gasteiger partial charge in [0, 0.05) is 0 Å². The van der Waals surface area contributed by atoms with Gasteiger partial charge >= 0.3 is 5.97 Å². The Labute approximate surface area is 120 Å². The second-order valence-corrected chi connectivity index (χ2v) is 4.63. The average Bonchev–Trinajstić information content (AvgIpc) is 2.44. The molecule has 4 nitrogen and oxygen atoms in total. The van der Waals surface area contributed by atoms with E-state index in [2.05, 4.69) is 6.92 Å². The van der Waals surface area contributed by atoms with Gasteiger partial charge in [-0.3, -0.25) is 0 Å². The first kappa shape index (κ1) is 16.3. The number of rotatable bonds is 10. The number of ether oxygens (including phenoxy) is 2.